The van der Waals surface area contributed by atoms with Gasteiger partial charge in [0.05, 0.1) is 0 Å². The molecule has 0 aromatic carbocycles. The molecule has 73 heavy (non-hydrogen) atoms. The van der Waals surface area contributed by atoms with Crippen LogP contribution in [0.15, 0.2) is 134 Å². The minimum Gasteiger partial charge on any atom is -0.462 e. The molecule has 0 heterocycles. The lowest BCUT2D eigenvalue weighted by Crippen LogP contribution is -2.30. The summed E-state index contributed by atoms with van der Waals surface area (Å²) in [6.45, 7) is 6.39. The molecule has 6 nitrogen and oxygen atoms in total. The predicted molar refractivity (Wildman–Crippen MR) is 316 cm³/mol. The van der Waals surface area contributed by atoms with Gasteiger partial charge in [-0.15, -0.1) is 0 Å². The molecule has 0 aliphatic heterocycles. The monoisotopic (exact) mass is 1010 g/mol. The van der Waals surface area contributed by atoms with Crippen molar-refractivity contribution in [1.29, 1.82) is 0 Å². The topological polar surface area (TPSA) is 78.9 Å². The summed E-state index contributed by atoms with van der Waals surface area (Å²) >= 11 is 0. The molecule has 0 saturated heterocycles. The molecule has 1 atom stereocenters. The van der Waals surface area contributed by atoms with Crippen LogP contribution >= 0.6 is 0 Å². The molecule has 0 amide bonds. The van der Waals surface area contributed by atoms with E-state index in [1.54, 1.807) is 0 Å². The number of ether oxygens (including phenoxy) is 3. The lowest BCUT2D eigenvalue weighted by atomic mass is 10.1. The first-order valence-electron chi connectivity index (χ1n) is 29.7. The SMILES string of the molecule is CC/C=C\C/C=C\C/C=C\C/C=C\C/C=C\C/C=C\C/C=C\CCCCCCCC(=O)OCC(COC(=O)CCCCCCC/C=C\C/C=C\CCC)OC(=O)CCCCCCC/C=C\C/C=C\CCCCC. The fraction of sp³-hybridized carbons (Fsp3) is 0.627. The number of hydrogen-bond acceptors (Lipinski definition) is 6. The van der Waals surface area contributed by atoms with Crippen LogP contribution < -0.4 is 0 Å². The Morgan fingerprint density at radius 3 is 0.890 bits per heavy atom. The van der Waals surface area contributed by atoms with E-state index in [-0.39, 0.29) is 31.1 Å². The van der Waals surface area contributed by atoms with Crippen LogP contribution in [0.3, 0.4) is 0 Å². The lowest BCUT2D eigenvalue weighted by molar-refractivity contribution is -0.167. The van der Waals surface area contributed by atoms with Gasteiger partial charge in [-0.3, -0.25) is 14.4 Å². The maximum Gasteiger partial charge on any atom is 0.306 e. The Morgan fingerprint density at radius 1 is 0.288 bits per heavy atom. The van der Waals surface area contributed by atoms with Crippen molar-refractivity contribution in [3.63, 3.8) is 0 Å². The van der Waals surface area contributed by atoms with Crippen LogP contribution in [0.1, 0.15) is 252 Å². The molecule has 0 spiro atoms. The first-order chi connectivity index (χ1) is 36.0. The third-order valence-electron chi connectivity index (χ3n) is 12.1. The molecule has 0 bridgehead atoms. The van der Waals surface area contributed by atoms with E-state index in [4.69, 9.17) is 14.2 Å². The van der Waals surface area contributed by atoms with Crippen molar-refractivity contribution >= 4 is 17.9 Å². The van der Waals surface area contributed by atoms with E-state index in [1.165, 1.54) is 32.1 Å². The van der Waals surface area contributed by atoms with Gasteiger partial charge in [0.25, 0.3) is 0 Å². The van der Waals surface area contributed by atoms with Crippen LogP contribution in [-0.4, -0.2) is 37.2 Å². The molecule has 0 fully saturated rings. The highest BCUT2D eigenvalue weighted by Crippen LogP contribution is 2.13. The van der Waals surface area contributed by atoms with Crippen molar-refractivity contribution < 1.29 is 28.6 Å². The van der Waals surface area contributed by atoms with Gasteiger partial charge in [-0.05, 0) is 135 Å². The number of esters is 3. The van der Waals surface area contributed by atoms with Gasteiger partial charge < -0.3 is 14.2 Å². The van der Waals surface area contributed by atoms with E-state index in [0.717, 1.165) is 180 Å². The summed E-state index contributed by atoms with van der Waals surface area (Å²) in [4.78, 5) is 38.2. The number of carbonyl (C=O) groups excluding carboxylic acids is 3. The Balaban J connectivity index is 4.41. The number of hydrogen-bond donors (Lipinski definition) is 0. The van der Waals surface area contributed by atoms with Gasteiger partial charge in [-0.25, -0.2) is 0 Å². The lowest BCUT2D eigenvalue weighted by Gasteiger charge is -2.18. The van der Waals surface area contributed by atoms with Gasteiger partial charge >= 0.3 is 17.9 Å². The molecule has 1 unspecified atom stereocenters. The van der Waals surface area contributed by atoms with E-state index >= 15 is 0 Å². The number of allylic oxidation sites excluding steroid dienone is 22. The highest BCUT2D eigenvalue weighted by Gasteiger charge is 2.19. The zero-order chi connectivity index (χ0) is 52.9. The summed E-state index contributed by atoms with van der Waals surface area (Å²) in [5, 5.41) is 0. The smallest absolute Gasteiger partial charge is 0.306 e. The number of carbonyl (C=O) groups is 3. The normalized spacial score (nSPS) is 13.1. The average molecular weight is 1010 g/mol. The Hall–Kier alpha value is -4.45. The van der Waals surface area contributed by atoms with Crippen molar-refractivity contribution in [2.75, 3.05) is 13.2 Å². The van der Waals surface area contributed by atoms with E-state index in [2.05, 4.69) is 154 Å². The summed E-state index contributed by atoms with van der Waals surface area (Å²) in [5.74, 6) is -0.951. The van der Waals surface area contributed by atoms with E-state index in [1.807, 2.05) is 0 Å². The van der Waals surface area contributed by atoms with Crippen molar-refractivity contribution in [1.82, 2.24) is 0 Å². The molecule has 6 heteroatoms. The maximum atomic E-state index is 12.8. The summed E-state index contributed by atoms with van der Waals surface area (Å²) in [5.41, 5.74) is 0. The largest absolute Gasteiger partial charge is 0.462 e. The second-order valence-corrected chi connectivity index (χ2v) is 19.2. The van der Waals surface area contributed by atoms with Crippen molar-refractivity contribution in [3.05, 3.63) is 134 Å². The summed E-state index contributed by atoms with van der Waals surface area (Å²) < 4.78 is 16.8. The standard InChI is InChI=1S/C67H108O6/c1-4-7-10-13-16-19-22-25-27-28-29-30-31-32-33-34-35-36-37-38-40-42-45-48-51-54-57-60-66(69)72-63-64(62-71-65(68)59-56-53-50-47-44-41-24-21-18-15-12-9-6-3)73-67(70)61-58-55-52-49-46-43-39-26-23-20-17-14-11-8-5-2/h7,10,12,15-17,19-21,24-27,29-30,32-33,35-36,38-40,64H,4-6,8-9,11,13-14,18,22-23,28,31,34,37,41-63H2,1-3H3/b10-7-,15-12-,19-16-,20-17-,24-21-,27-25-,30-29-,33-32-,36-35-,39-26-,40-38-. The van der Waals surface area contributed by atoms with Crippen LogP contribution in [0.5, 0.6) is 0 Å². The van der Waals surface area contributed by atoms with Crippen molar-refractivity contribution in [2.24, 2.45) is 0 Å². The first kappa shape index (κ1) is 68.6. The average Bonchev–Trinajstić information content (AvgIpc) is 3.39. The summed E-state index contributed by atoms with van der Waals surface area (Å²) in [6.07, 6.45) is 84.4. The molecular formula is C67H108O6. The van der Waals surface area contributed by atoms with Crippen LogP contribution in [0.25, 0.3) is 0 Å². The Morgan fingerprint density at radius 2 is 0.562 bits per heavy atom. The Kier molecular flexibility index (Phi) is 56.4. The Bertz CT molecular complexity index is 1580. The molecule has 0 radical (unpaired) electrons. The molecule has 0 N–H and O–H groups in total. The van der Waals surface area contributed by atoms with Gasteiger partial charge in [0.15, 0.2) is 6.10 Å². The van der Waals surface area contributed by atoms with Crippen LogP contribution in [0, 0.1) is 0 Å². The van der Waals surface area contributed by atoms with E-state index in [9.17, 15) is 14.4 Å². The molecule has 0 aromatic rings. The molecule has 0 rings (SSSR count). The zero-order valence-corrected chi connectivity index (χ0v) is 47.1. The van der Waals surface area contributed by atoms with Gasteiger partial charge in [0, 0.05) is 19.3 Å². The number of rotatable bonds is 52. The second-order valence-electron chi connectivity index (χ2n) is 19.2. The molecule has 0 saturated carbocycles. The predicted octanol–water partition coefficient (Wildman–Crippen LogP) is 20.2. The van der Waals surface area contributed by atoms with Crippen molar-refractivity contribution in [3.8, 4) is 0 Å². The summed E-state index contributed by atoms with van der Waals surface area (Å²) in [6, 6.07) is 0. The van der Waals surface area contributed by atoms with Crippen LogP contribution in [0.4, 0.5) is 0 Å². The zero-order valence-electron chi connectivity index (χ0n) is 47.1. The quantitative estimate of drug-likeness (QED) is 0.0261. The van der Waals surface area contributed by atoms with E-state index in [0.29, 0.717) is 19.3 Å². The minimum absolute atomic E-state index is 0.101. The fourth-order valence-corrected chi connectivity index (χ4v) is 7.67. The highest BCUT2D eigenvalue weighted by molar-refractivity contribution is 5.71. The summed E-state index contributed by atoms with van der Waals surface area (Å²) in [7, 11) is 0. The highest BCUT2D eigenvalue weighted by atomic mass is 16.6. The fourth-order valence-electron chi connectivity index (χ4n) is 7.67. The molecule has 0 aliphatic carbocycles. The Labute approximate surface area is 449 Å². The third-order valence-corrected chi connectivity index (χ3v) is 12.1. The number of unbranched alkanes of at least 4 members (excludes halogenated alkanes) is 19. The van der Waals surface area contributed by atoms with E-state index < -0.39 is 6.10 Å². The van der Waals surface area contributed by atoms with Crippen LogP contribution in [0.2, 0.25) is 0 Å². The first-order valence-corrected chi connectivity index (χ1v) is 29.7. The second kappa shape index (κ2) is 60.1. The van der Waals surface area contributed by atoms with Gasteiger partial charge in [0.1, 0.15) is 13.2 Å². The van der Waals surface area contributed by atoms with Crippen LogP contribution in [-0.2, 0) is 28.6 Å². The molecule has 0 aliphatic rings. The van der Waals surface area contributed by atoms with Gasteiger partial charge in [-0.2, -0.15) is 0 Å². The van der Waals surface area contributed by atoms with Gasteiger partial charge in [0.2, 0.25) is 0 Å². The molecular weight excluding hydrogens is 901 g/mol. The maximum absolute atomic E-state index is 12.8. The molecule has 412 valence electrons. The minimum atomic E-state index is -0.805. The van der Waals surface area contributed by atoms with Gasteiger partial charge in [-0.1, -0.05) is 231 Å². The third kappa shape index (κ3) is 58.3. The molecule has 0 aromatic heterocycles. The van der Waals surface area contributed by atoms with Crippen molar-refractivity contribution in [2.45, 2.75) is 258 Å².